The van der Waals surface area contributed by atoms with Crippen molar-refractivity contribution in [2.75, 3.05) is 19.0 Å². The molecule has 172 valence electrons. The number of alkyl halides is 3. The van der Waals surface area contributed by atoms with Crippen LogP contribution in [0.2, 0.25) is 0 Å². The predicted molar refractivity (Wildman–Crippen MR) is 120 cm³/mol. The third-order valence-electron chi connectivity index (χ3n) is 5.23. The van der Waals surface area contributed by atoms with E-state index in [1.807, 2.05) is 0 Å². The highest BCUT2D eigenvalue weighted by Crippen LogP contribution is 2.27. The van der Waals surface area contributed by atoms with Gasteiger partial charge in [-0.2, -0.15) is 13.2 Å². The van der Waals surface area contributed by atoms with Crippen LogP contribution in [0, 0.1) is 0 Å². The lowest BCUT2D eigenvalue weighted by molar-refractivity contribution is -0.115. The highest BCUT2D eigenvalue weighted by molar-refractivity contribution is 5.93. The summed E-state index contributed by atoms with van der Waals surface area (Å²) in [5.41, 5.74) is 1.90. The minimum atomic E-state index is -4.44. The van der Waals surface area contributed by atoms with Crippen LogP contribution in [0.25, 0.3) is 33.4 Å². The number of imidazole rings is 1. The fourth-order valence-electron chi connectivity index (χ4n) is 3.63. The molecule has 4 aromatic heterocycles. The molecule has 0 amide bonds. The van der Waals surface area contributed by atoms with Crippen LogP contribution in [0.1, 0.15) is 0 Å². The molecule has 0 aliphatic heterocycles. The molecule has 4 heterocycles. The summed E-state index contributed by atoms with van der Waals surface area (Å²) in [6.45, 7) is -1.29. The summed E-state index contributed by atoms with van der Waals surface area (Å²) in [7, 11) is 1.53. The molecule has 34 heavy (non-hydrogen) atoms. The zero-order valence-corrected chi connectivity index (χ0v) is 17.7. The molecule has 0 bridgehead atoms. The summed E-state index contributed by atoms with van der Waals surface area (Å²) < 4.78 is 46.4. The number of aromatic nitrogens is 5. The molecule has 0 radical (unpaired) electrons. The predicted octanol–water partition coefficient (Wildman–Crippen LogP) is 4.08. The minimum Gasteiger partial charge on any atom is -0.497 e. The fraction of sp³-hybridized carbons (Fsp3) is 0.130. The van der Waals surface area contributed by atoms with Crippen LogP contribution in [-0.2, 0) is 0 Å². The molecular weight excluding hydrogens is 449 g/mol. The van der Waals surface area contributed by atoms with Gasteiger partial charge >= 0.3 is 6.18 Å². The Morgan fingerprint density at radius 1 is 1.06 bits per heavy atom. The number of nitrogens with zero attached hydrogens (tertiary/aromatic N) is 5. The van der Waals surface area contributed by atoms with Crippen LogP contribution in [0.4, 0.5) is 19.1 Å². The lowest BCUT2D eigenvalue weighted by atomic mass is 10.0. The SMILES string of the molecule is COc1ccc(-c2c(=O)n(-c3ccc4nccn4c3)cc3cnc(NCC(F)(F)F)nc23)cc1. The second-order valence-corrected chi connectivity index (χ2v) is 7.45. The third kappa shape index (κ3) is 4.03. The third-order valence-corrected chi connectivity index (χ3v) is 5.23. The van der Waals surface area contributed by atoms with E-state index in [9.17, 15) is 18.0 Å². The number of benzene rings is 1. The van der Waals surface area contributed by atoms with E-state index in [4.69, 9.17) is 4.74 Å². The molecule has 11 heteroatoms. The molecule has 5 aromatic rings. The maximum Gasteiger partial charge on any atom is 0.405 e. The maximum atomic E-state index is 13.7. The van der Waals surface area contributed by atoms with Crippen molar-refractivity contribution in [1.82, 2.24) is 23.9 Å². The van der Waals surface area contributed by atoms with Crippen molar-refractivity contribution < 1.29 is 17.9 Å². The van der Waals surface area contributed by atoms with Crippen LogP contribution in [-0.4, -0.2) is 43.8 Å². The van der Waals surface area contributed by atoms with Gasteiger partial charge in [-0.05, 0) is 29.8 Å². The second kappa shape index (κ2) is 8.18. The van der Waals surface area contributed by atoms with Gasteiger partial charge in [0.25, 0.3) is 5.56 Å². The van der Waals surface area contributed by atoms with Gasteiger partial charge in [-0.25, -0.2) is 15.0 Å². The second-order valence-electron chi connectivity index (χ2n) is 7.45. The molecule has 0 saturated heterocycles. The van der Waals surface area contributed by atoms with Crippen molar-refractivity contribution in [3.63, 3.8) is 0 Å². The molecule has 0 fully saturated rings. The van der Waals surface area contributed by atoms with E-state index >= 15 is 0 Å². The summed E-state index contributed by atoms with van der Waals surface area (Å²) in [4.78, 5) is 26.2. The summed E-state index contributed by atoms with van der Waals surface area (Å²) in [6.07, 6.45) is 3.68. The number of rotatable bonds is 5. The number of halogens is 3. The van der Waals surface area contributed by atoms with Gasteiger partial charge in [0.05, 0.1) is 23.9 Å². The van der Waals surface area contributed by atoms with E-state index in [-0.39, 0.29) is 17.0 Å². The molecule has 1 N–H and O–H groups in total. The highest BCUT2D eigenvalue weighted by Gasteiger charge is 2.27. The highest BCUT2D eigenvalue weighted by atomic mass is 19.4. The molecule has 0 saturated carbocycles. The van der Waals surface area contributed by atoms with Crippen LogP contribution < -0.4 is 15.6 Å². The standard InChI is InChI=1S/C23H17F3N6O2/c1-34-17-5-2-14(3-6-17)19-20-15(10-28-22(30-20)29-13-23(24,25)26)11-32(21(19)33)16-4-7-18-27-8-9-31(18)12-16/h2-12H,13H2,1H3,(H,29,30). The number of pyridine rings is 2. The number of methoxy groups -OCH3 is 1. The van der Waals surface area contributed by atoms with Crippen molar-refractivity contribution in [3.8, 4) is 22.6 Å². The van der Waals surface area contributed by atoms with Gasteiger partial charge in [0.2, 0.25) is 5.95 Å². The molecule has 0 unspecified atom stereocenters. The van der Waals surface area contributed by atoms with Gasteiger partial charge in [-0.1, -0.05) is 12.1 Å². The Morgan fingerprint density at radius 2 is 1.85 bits per heavy atom. The van der Waals surface area contributed by atoms with Crippen molar-refractivity contribution in [3.05, 3.63) is 77.7 Å². The van der Waals surface area contributed by atoms with Gasteiger partial charge in [0, 0.05) is 36.4 Å². The summed E-state index contributed by atoms with van der Waals surface area (Å²) in [5.74, 6) is 0.369. The Bertz CT molecular complexity index is 1560. The average molecular weight is 466 g/mol. The first-order chi connectivity index (χ1) is 16.3. The Labute approximate surface area is 190 Å². The summed E-state index contributed by atoms with van der Waals surface area (Å²) >= 11 is 0. The smallest absolute Gasteiger partial charge is 0.405 e. The Kier molecular flexibility index (Phi) is 5.16. The number of nitrogens with one attached hydrogen (secondary N) is 1. The topological polar surface area (TPSA) is 86.3 Å². The largest absolute Gasteiger partial charge is 0.497 e. The zero-order chi connectivity index (χ0) is 23.9. The van der Waals surface area contributed by atoms with Gasteiger partial charge in [0.15, 0.2) is 0 Å². The lowest BCUT2D eigenvalue weighted by Crippen LogP contribution is -2.23. The van der Waals surface area contributed by atoms with Crippen molar-refractivity contribution in [1.29, 1.82) is 0 Å². The van der Waals surface area contributed by atoms with Crippen LogP contribution in [0.3, 0.4) is 0 Å². The van der Waals surface area contributed by atoms with E-state index in [0.29, 0.717) is 22.4 Å². The van der Waals surface area contributed by atoms with Crippen molar-refractivity contribution in [2.45, 2.75) is 6.18 Å². The minimum absolute atomic E-state index is 0.225. The number of ether oxygens (including phenoxy) is 1. The molecule has 8 nitrogen and oxygen atoms in total. The summed E-state index contributed by atoms with van der Waals surface area (Å²) in [5, 5.41) is 2.65. The van der Waals surface area contributed by atoms with Crippen LogP contribution >= 0.6 is 0 Å². The van der Waals surface area contributed by atoms with E-state index < -0.39 is 18.3 Å². The molecule has 0 aliphatic carbocycles. The number of hydrogen-bond acceptors (Lipinski definition) is 6. The monoisotopic (exact) mass is 466 g/mol. The fourth-order valence-corrected chi connectivity index (χ4v) is 3.63. The van der Waals surface area contributed by atoms with Gasteiger partial charge in [-0.3, -0.25) is 9.36 Å². The van der Waals surface area contributed by atoms with Crippen molar-refractivity contribution >= 4 is 22.5 Å². The zero-order valence-electron chi connectivity index (χ0n) is 17.7. The number of anilines is 1. The molecule has 0 atom stereocenters. The van der Waals surface area contributed by atoms with Crippen LogP contribution in [0.15, 0.2) is 72.2 Å². The lowest BCUT2D eigenvalue weighted by Gasteiger charge is -2.14. The Morgan fingerprint density at radius 3 is 2.59 bits per heavy atom. The van der Waals surface area contributed by atoms with Crippen molar-refractivity contribution in [2.24, 2.45) is 0 Å². The van der Waals surface area contributed by atoms with Gasteiger partial charge in [-0.15, -0.1) is 0 Å². The molecule has 0 spiro atoms. The Balaban J connectivity index is 1.72. The first-order valence-corrected chi connectivity index (χ1v) is 10.1. The van der Waals surface area contributed by atoms with Gasteiger partial charge in [0.1, 0.15) is 17.9 Å². The molecule has 1 aromatic carbocycles. The van der Waals surface area contributed by atoms with E-state index in [0.717, 1.165) is 5.65 Å². The molecule has 5 rings (SSSR count). The maximum absolute atomic E-state index is 13.7. The molecular formula is C23H17F3N6O2. The van der Waals surface area contributed by atoms with E-state index in [1.54, 1.807) is 65.6 Å². The number of fused-ring (bicyclic) bond motifs is 2. The Hall–Kier alpha value is -4.41. The van der Waals surface area contributed by atoms with E-state index in [1.165, 1.54) is 17.9 Å². The normalized spacial score (nSPS) is 11.8. The first kappa shape index (κ1) is 21.4. The average Bonchev–Trinajstić information content (AvgIpc) is 3.30. The van der Waals surface area contributed by atoms with Crippen LogP contribution in [0.5, 0.6) is 5.75 Å². The number of hydrogen-bond donors (Lipinski definition) is 1. The van der Waals surface area contributed by atoms with E-state index in [2.05, 4.69) is 20.3 Å². The first-order valence-electron chi connectivity index (χ1n) is 10.1. The quantitative estimate of drug-likeness (QED) is 0.420. The summed E-state index contributed by atoms with van der Waals surface area (Å²) in [6, 6.07) is 10.3. The van der Waals surface area contributed by atoms with Gasteiger partial charge < -0.3 is 14.5 Å². The molecule has 0 aliphatic rings.